The van der Waals surface area contributed by atoms with E-state index in [0.717, 1.165) is 33.9 Å². The molecule has 2 aromatic carbocycles. The molecule has 1 N–H and O–H groups in total. The Kier molecular flexibility index (Phi) is 7.77. The highest BCUT2D eigenvalue weighted by molar-refractivity contribution is 7.09. The maximum Gasteiger partial charge on any atom is 0.275 e. The maximum atomic E-state index is 13.2. The molecule has 4 rings (SSSR count). The third kappa shape index (κ3) is 6.25. The molecule has 2 aromatic heterocycles. The molecule has 7 heteroatoms. The molecule has 0 atom stereocenters. The molecule has 35 heavy (non-hydrogen) atoms. The van der Waals surface area contributed by atoms with E-state index in [1.165, 1.54) is 11.3 Å². The first-order valence-corrected chi connectivity index (χ1v) is 12.6. The van der Waals surface area contributed by atoms with E-state index in [1.54, 1.807) is 5.38 Å². The highest BCUT2D eigenvalue weighted by atomic mass is 32.1. The Morgan fingerprint density at radius 2 is 1.69 bits per heavy atom. The minimum Gasteiger partial charge on any atom is -0.343 e. The largest absolute Gasteiger partial charge is 0.343 e. The van der Waals surface area contributed by atoms with Crippen molar-refractivity contribution in [1.29, 1.82) is 0 Å². The molecule has 0 spiro atoms. The maximum absolute atomic E-state index is 13.2. The first-order valence-electron chi connectivity index (χ1n) is 11.8. The third-order valence-electron chi connectivity index (χ3n) is 5.76. The zero-order valence-corrected chi connectivity index (χ0v) is 21.1. The van der Waals surface area contributed by atoms with Crippen molar-refractivity contribution in [2.45, 2.75) is 40.3 Å². The number of amides is 2. The van der Waals surface area contributed by atoms with Gasteiger partial charge in [-0.15, -0.1) is 11.3 Å². The molecule has 0 radical (unpaired) electrons. The minimum atomic E-state index is -0.220. The number of hydrogen-bond donors (Lipinski definition) is 1. The molecule has 6 nitrogen and oxygen atoms in total. The number of aromatic nitrogens is 2. The predicted octanol–water partition coefficient (Wildman–Crippen LogP) is 5.91. The number of rotatable bonds is 9. The van der Waals surface area contributed by atoms with E-state index in [9.17, 15) is 9.59 Å². The quantitative estimate of drug-likeness (QED) is 0.320. The monoisotopic (exact) mass is 486 g/mol. The fraction of sp³-hybridized carbons (Fsp3) is 0.250. The van der Waals surface area contributed by atoms with Crippen molar-refractivity contribution in [1.82, 2.24) is 14.5 Å². The first kappa shape index (κ1) is 24.4. The van der Waals surface area contributed by atoms with Crippen molar-refractivity contribution in [2.75, 3.05) is 11.9 Å². The van der Waals surface area contributed by atoms with Crippen LogP contribution in [0.3, 0.4) is 0 Å². The average Bonchev–Trinajstić information content (AvgIpc) is 3.50. The van der Waals surface area contributed by atoms with Crippen LogP contribution >= 0.6 is 11.3 Å². The molecular formula is C28H30N4O2S. The van der Waals surface area contributed by atoms with Crippen LogP contribution in [0.4, 0.5) is 5.69 Å². The van der Waals surface area contributed by atoms with E-state index < -0.39 is 0 Å². The molecule has 0 bridgehead atoms. The smallest absolute Gasteiger partial charge is 0.275 e. The standard InChI is InChI=1S/C28H30N4O2S/c1-4-15-32(28(34)22-11-7-20(2)8-12-22)17-24-6-5-16-31(24)18-26-30-25(19-35-26)27(33)29-23-13-9-21(3)10-14-23/h5-14,16,19H,4,15,17-18H2,1-3H3,(H,29,33). The Morgan fingerprint density at radius 1 is 1.00 bits per heavy atom. The molecule has 2 amide bonds. The van der Waals surface area contributed by atoms with Gasteiger partial charge in [0.15, 0.2) is 0 Å². The van der Waals surface area contributed by atoms with Crippen LogP contribution in [0.2, 0.25) is 0 Å². The number of anilines is 1. The van der Waals surface area contributed by atoms with Gasteiger partial charge in [0.25, 0.3) is 11.8 Å². The number of carbonyl (C=O) groups is 2. The second-order valence-corrected chi connectivity index (χ2v) is 9.61. The SMILES string of the molecule is CCCN(Cc1cccn1Cc1nc(C(=O)Nc2ccc(C)cc2)cs1)C(=O)c1ccc(C)cc1. The predicted molar refractivity (Wildman–Crippen MR) is 141 cm³/mol. The minimum absolute atomic E-state index is 0.0314. The average molecular weight is 487 g/mol. The van der Waals surface area contributed by atoms with Gasteiger partial charge in [-0.3, -0.25) is 9.59 Å². The Hall–Kier alpha value is -3.71. The highest BCUT2D eigenvalue weighted by Gasteiger charge is 2.18. The second-order valence-electron chi connectivity index (χ2n) is 8.67. The van der Waals surface area contributed by atoms with Crippen LogP contribution in [0, 0.1) is 13.8 Å². The van der Waals surface area contributed by atoms with Gasteiger partial charge < -0.3 is 14.8 Å². The molecular weight excluding hydrogens is 456 g/mol. The van der Waals surface area contributed by atoms with Crippen molar-refractivity contribution in [3.8, 4) is 0 Å². The lowest BCUT2D eigenvalue weighted by molar-refractivity contribution is 0.0739. The summed E-state index contributed by atoms with van der Waals surface area (Å²) in [7, 11) is 0. The summed E-state index contributed by atoms with van der Waals surface area (Å²) in [5, 5.41) is 5.52. The number of hydrogen-bond acceptors (Lipinski definition) is 4. The summed E-state index contributed by atoms with van der Waals surface area (Å²) < 4.78 is 2.09. The molecule has 0 aliphatic carbocycles. The van der Waals surface area contributed by atoms with E-state index in [-0.39, 0.29) is 11.8 Å². The van der Waals surface area contributed by atoms with Crippen LogP contribution in [0.1, 0.15) is 56.0 Å². The van der Waals surface area contributed by atoms with Gasteiger partial charge in [-0.1, -0.05) is 42.3 Å². The number of nitrogens with zero attached hydrogens (tertiary/aromatic N) is 3. The Balaban J connectivity index is 1.43. The summed E-state index contributed by atoms with van der Waals surface area (Å²) in [6, 6.07) is 19.4. The van der Waals surface area contributed by atoms with Gasteiger partial charge in [0.2, 0.25) is 0 Å². The molecule has 0 aliphatic heterocycles. The van der Waals surface area contributed by atoms with E-state index >= 15 is 0 Å². The molecule has 180 valence electrons. The van der Waals surface area contributed by atoms with Crippen molar-refractivity contribution in [2.24, 2.45) is 0 Å². The van der Waals surface area contributed by atoms with Gasteiger partial charge in [-0.25, -0.2) is 4.98 Å². The molecule has 0 saturated carbocycles. The van der Waals surface area contributed by atoms with Gasteiger partial charge in [-0.05, 0) is 56.7 Å². The van der Waals surface area contributed by atoms with Gasteiger partial charge in [-0.2, -0.15) is 0 Å². The summed E-state index contributed by atoms with van der Waals surface area (Å²) in [6.45, 7) is 7.84. The number of thiazole rings is 1. The Labute approximate surface area is 210 Å². The zero-order valence-electron chi connectivity index (χ0n) is 20.3. The van der Waals surface area contributed by atoms with Crippen LogP contribution in [0.15, 0.2) is 72.2 Å². The number of carbonyl (C=O) groups excluding carboxylic acids is 2. The van der Waals surface area contributed by atoms with Crippen molar-refractivity contribution in [3.63, 3.8) is 0 Å². The summed E-state index contributed by atoms with van der Waals surface area (Å²) in [6.07, 6.45) is 2.87. The Morgan fingerprint density at radius 3 is 2.37 bits per heavy atom. The van der Waals surface area contributed by atoms with Gasteiger partial charge >= 0.3 is 0 Å². The van der Waals surface area contributed by atoms with Crippen LogP contribution in [-0.4, -0.2) is 32.8 Å². The summed E-state index contributed by atoms with van der Waals surface area (Å²) in [5.74, 6) is -0.189. The summed E-state index contributed by atoms with van der Waals surface area (Å²) in [5.41, 5.74) is 5.15. The van der Waals surface area contributed by atoms with E-state index in [4.69, 9.17) is 0 Å². The van der Waals surface area contributed by atoms with Crippen molar-refractivity contribution < 1.29 is 9.59 Å². The van der Waals surface area contributed by atoms with Gasteiger partial charge in [0.05, 0.1) is 13.1 Å². The molecule has 0 saturated heterocycles. The normalized spacial score (nSPS) is 10.8. The van der Waals surface area contributed by atoms with Crippen LogP contribution in [0.25, 0.3) is 0 Å². The molecule has 0 fully saturated rings. The summed E-state index contributed by atoms with van der Waals surface area (Å²) in [4.78, 5) is 32.2. The fourth-order valence-corrected chi connectivity index (χ4v) is 4.58. The number of nitrogens with one attached hydrogen (secondary N) is 1. The van der Waals surface area contributed by atoms with Gasteiger partial charge in [0, 0.05) is 35.1 Å². The number of benzene rings is 2. The molecule has 0 unspecified atom stereocenters. The highest BCUT2D eigenvalue weighted by Crippen LogP contribution is 2.18. The van der Waals surface area contributed by atoms with Gasteiger partial charge in [0.1, 0.15) is 10.7 Å². The summed E-state index contributed by atoms with van der Waals surface area (Å²) >= 11 is 1.46. The van der Waals surface area contributed by atoms with Crippen molar-refractivity contribution in [3.05, 3.63) is 105 Å². The van der Waals surface area contributed by atoms with Crippen LogP contribution < -0.4 is 5.32 Å². The van der Waals surface area contributed by atoms with Crippen molar-refractivity contribution >= 4 is 28.8 Å². The van der Waals surface area contributed by atoms with Crippen LogP contribution in [-0.2, 0) is 13.1 Å². The molecule has 4 aromatic rings. The van der Waals surface area contributed by atoms with E-state index in [2.05, 4.69) is 21.8 Å². The van der Waals surface area contributed by atoms with Crippen LogP contribution in [0.5, 0.6) is 0 Å². The zero-order chi connectivity index (χ0) is 24.8. The topological polar surface area (TPSA) is 67.2 Å². The van der Waals surface area contributed by atoms with E-state index in [0.29, 0.717) is 30.9 Å². The lowest BCUT2D eigenvalue weighted by atomic mass is 10.1. The Bertz CT molecular complexity index is 1290. The van der Waals surface area contributed by atoms with E-state index in [1.807, 2.05) is 85.6 Å². The fourth-order valence-electron chi connectivity index (χ4n) is 3.81. The third-order valence-corrected chi connectivity index (χ3v) is 6.59. The second kappa shape index (κ2) is 11.1. The lowest BCUT2D eigenvalue weighted by Crippen LogP contribution is -2.32. The lowest BCUT2D eigenvalue weighted by Gasteiger charge is -2.23. The molecule has 0 aliphatic rings. The molecule has 2 heterocycles. The number of aryl methyl sites for hydroxylation is 2. The first-order chi connectivity index (χ1) is 16.9.